The molecule has 0 radical (unpaired) electrons. The quantitative estimate of drug-likeness (QED) is 0.149. The molecule has 2 aromatic heterocycles. The molecule has 0 aliphatic carbocycles. The van der Waals surface area contributed by atoms with E-state index in [1.165, 1.54) is 34.8 Å². The number of halogens is 8. The second-order valence-corrected chi connectivity index (χ2v) is 10.4. The Bertz CT molecular complexity index is 1880. The van der Waals surface area contributed by atoms with Crippen LogP contribution in [0.25, 0.3) is 51.8 Å². The SMILES string of the molecule is Cc1c(F)c(F)c(-c2c(F)c(F)c(-c3ccc4c(c3)sc3c5ccccc5sc43)c(F)c2F)c(F)c1F. The van der Waals surface area contributed by atoms with Crippen LogP contribution in [0.5, 0.6) is 0 Å². The molecule has 0 N–H and O–H groups in total. The minimum atomic E-state index is -2.19. The lowest BCUT2D eigenvalue weighted by Gasteiger charge is -2.15. The number of thiophene rings is 2. The molecule has 0 unspecified atom stereocenters. The Morgan fingerprint density at radius 2 is 0.946 bits per heavy atom. The van der Waals surface area contributed by atoms with Crippen LogP contribution in [0.2, 0.25) is 0 Å². The van der Waals surface area contributed by atoms with Gasteiger partial charge in [0.15, 0.2) is 46.5 Å². The van der Waals surface area contributed by atoms with Crippen LogP contribution in [0.4, 0.5) is 35.1 Å². The van der Waals surface area contributed by atoms with Gasteiger partial charge in [0.2, 0.25) is 0 Å². The highest BCUT2D eigenvalue weighted by Gasteiger charge is 2.33. The van der Waals surface area contributed by atoms with Crippen molar-refractivity contribution in [3.8, 4) is 22.3 Å². The summed E-state index contributed by atoms with van der Waals surface area (Å²) in [5.74, 6) is -16.5. The van der Waals surface area contributed by atoms with Crippen molar-refractivity contribution in [3.05, 3.63) is 94.6 Å². The van der Waals surface area contributed by atoms with Gasteiger partial charge < -0.3 is 0 Å². The molecule has 0 bridgehead atoms. The summed E-state index contributed by atoms with van der Waals surface area (Å²) in [7, 11) is 0. The molecule has 0 nitrogen and oxygen atoms in total. The zero-order chi connectivity index (χ0) is 26.3. The Balaban J connectivity index is 1.59. The van der Waals surface area contributed by atoms with Crippen LogP contribution in [0, 0.1) is 53.5 Å². The van der Waals surface area contributed by atoms with E-state index in [4.69, 9.17) is 0 Å². The zero-order valence-electron chi connectivity index (χ0n) is 18.4. The fourth-order valence-corrected chi connectivity index (χ4v) is 7.12. The third-order valence-corrected chi connectivity index (χ3v) is 8.79. The molecule has 0 saturated heterocycles. The Kier molecular flexibility index (Phi) is 5.33. The Morgan fingerprint density at radius 3 is 1.54 bits per heavy atom. The number of benzene rings is 4. The molecule has 2 heterocycles. The fourth-order valence-electron chi connectivity index (χ4n) is 4.43. The summed E-state index contributed by atoms with van der Waals surface area (Å²) in [5.41, 5.74) is -6.19. The van der Waals surface area contributed by atoms with Gasteiger partial charge in [-0.15, -0.1) is 22.7 Å². The molecule has 0 saturated carbocycles. The summed E-state index contributed by atoms with van der Waals surface area (Å²) in [6, 6.07) is 11.9. The van der Waals surface area contributed by atoms with Gasteiger partial charge in [-0.05, 0) is 24.6 Å². The van der Waals surface area contributed by atoms with Gasteiger partial charge in [0.1, 0.15) is 0 Å². The van der Waals surface area contributed by atoms with Gasteiger partial charge in [-0.3, -0.25) is 0 Å². The molecule has 186 valence electrons. The van der Waals surface area contributed by atoms with Crippen molar-refractivity contribution in [1.82, 2.24) is 0 Å². The van der Waals surface area contributed by atoms with E-state index in [-0.39, 0.29) is 5.56 Å². The monoisotopic (exact) mass is 550 g/mol. The smallest absolute Gasteiger partial charge is 0.170 e. The lowest BCUT2D eigenvalue weighted by atomic mass is 9.95. The first kappa shape index (κ1) is 23.9. The molecule has 0 amide bonds. The summed E-state index contributed by atoms with van der Waals surface area (Å²) in [4.78, 5) is 0. The van der Waals surface area contributed by atoms with E-state index in [0.29, 0.717) is 11.6 Å². The van der Waals surface area contributed by atoms with Crippen LogP contribution in [-0.4, -0.2) is 0 Å². The Hall–Kier alpha value is -3.50. The van der Waals surface area contributed by atoms with Crippen LogP contribution < -0.4 is 0 Å². The van der Waals surface area contributed by atoms with Gasteiger partial charge in [0.05, 0.1) is 26.1 Å². The molecule has 10 heteroatoms. The maximum absolute atomic E-state index is 15.2. The molecule has 37 heavy (non-hydrogen) atoms. The Morgan fingerprint density at radius 1 is 0.486 bits per heavy atom. The van der Waals surface area contributed by atoms with E-state index >= 15 is 17.6 Å². The van der Waals surface area contributed by atoms with Gasteiger partial charge in [-0.2, -0.15) is 0 Å². The normalized spacial score (nSPS) is 11.9. The van der Waals surface area contributed by atoms with Crippen molar-refractivity contribution in [2.24, 2.45) is 0 Å². The minimum absolute atomic E-state index is 0.229. The van der Waals surface area contributed by atoms with Crippen molar-refractivity contribution in [2.45, 2.75) is 6.92 Å². The summed E-state index contributed by atoms with van der Waals surface area (Å²) in [5, 5.41) is 1.77. The van der Waals surface area contributed by atoms with E-state index < -0.39 is 68.8 Å². The average Bonchev–Trinajstić information content (AvgIpc) is 3.43. The number of hydrogen-bond acceptors (Lipinski definition) is 2. The van der Waals surface area contributed by atoms with Crippen molar-refractivity contribution in [3.63, 3.8) is 0 Å². The van der Waals surface area contributed by atoms with Gasteiger partial charge in [-0.1, -0.05) is 30.3 Å². The number of hydrogen-bond donors (Lipinski definition) is 0. The molecule has 4 aromatic carbocycles. The summed E-state index contributed by atoms with van der Waals surface area (Å²) < 4.78 is 121. The van der Waals surface area contributed by atoms with Crippen LogP contribution in [-0.2, 0) is 0 Å². The van der Waals surface area contributed by atoms with E-state index in [1.54, 1.807) is 6.07 Å². The molecule has 0 aliphatic heterocycles. The maximum Gasteiger partial charge on any atom is 0.170 e. The first-order valence-electron chi connectivity index (χ1n) is 10.6. The van der Waals surface area contributed by atoms with E-state index in [1.807, 2.05) is 24.3 Å². The second-order valence-electron chi connectivity index (χ2n) is 8.33. The highest BCUT2D eigenvalue weighted by atomic mass is 32.1. The largest absolute Gasteiger partial charge is 0.203 e. The molecule has 6 rings (SSSR count). The number of fused-ring (bicyclic) bond motifs is 5. The van der Waals surface area contributed by atoms with Crippen LogP contribution in [0.3, 0.4) is 0 Å². The molecular weight excluding hydrogens is 540 g/mol. The summed E-state index contributed by atoms with van der Waals surface area (Å²) in [6.45, 7) is 0.700. The molecule has 0 aliphatic rings. The predicted molar refractivity (Wildman–Crippen MR) is 130 cm³/mol. The molecule has 0 spiro atoms. The van der Waals surface area contributed by atoms with Gasteiger partial charge in [0.25, 0.3) is 0 Å². The minimum Gasteiger partial charge on any atom is -0.203 e. The topological polar surface area (TPSA) is 0 Å². The first-order valence-corrected chi connectivity index (χ1v) is 12.3. The summed E-state index contributed by atoms with van der Waals surface area (Å²) >= 11 is 2.86. The van der Waals surface area contributed by atoms with Gasteiger partial charge in [-0.25, -0.2) is 35.1 Å². The molecular formula is C27H10F8S2. The van der Waals surface area contributed by atoms with Crippen LogP contribution in [0.15, 0.2) is 42.5 Å². The average molecular weight is 550 g/mol. The molecule has 6 aromatic rings. The molecule has 0 atom stereocenters. The fraction of sp³-hybridized carbons (Fsp3) is 0.0370. The van der Waals surface area contributed by atoms with Crippen LogP contribution >= 0.6 is 22.7 Å². The van der Waals surface area contributed by atoms with Crippen molar-refractivity contribution >= 4 is 52.2 Å². The standard InChI is InChI=1S/C27H10F8S2/c1-9-18(28)22(32)16(23(33)19(9)29)17-24(34)20(30)15(21(31)25(17)35)10-6-7-12-14(8-10)37-26-11-4-2-3-5-13(11)36-27(12)26/h2-8H,1H3. The highest BCUT2D eigenvalue weighted by molar-refractivity contribution is 7.36. The highest BCUT2D eigenvalue weighted by Crippen LogP contribution is 2.46. The first-order chi connectivity index (χ1) is 17.6. The van der Waals surface area contributed by atoms with Crippen molar-refractivity contribution in [1.29, 1.82) is 0 Å². The maximum atomic E-state index is 15.2. The lowest BCUT2D eigenvalue weighted by Crippen LogP contribution is -2.09. The Labute approximate surface area is 211 Å². The molecule has 0 fully saturated rings. The third kappa shape index (κ3) is 3.25. The van der Waals surface area contributed by atoms with E-state index in [9.17, 15) is 17.6 Å². The summed E-state index contributed by atoms with van der Waals surface area (Å²) in [6.07, 6.45) is 0. The second kappa shape index (κ2) is 8.26. The van der Waals surface area contributed by atoms with Crippen molar-refractivity contribution in [2.75, 3.05) is 0 Å². The van der Waals surface area contributed by atoms with E-state index in [2.05, 4.69) is 0 Å². The predicted octanol–water partition coefficient (Wildman–Crippen LogP) is 10.0. The lowest BCUT2D eigenvalue weighted by molar-refractivity contribution is 0.438. The van der Waals surface area contributed by atoms with E-state index in [0.717, 1.165) is 24.9 Å². The number of rotatable bonds is 2. The zero-order valence-corrected chi connectivity index (χ0v) is 20.0. The third-order valence-electron chi connectivity index (χ3n) is 6.27. The van der Waals surface area contributed by atoms with Gasteiger partial charge in [0, 0.05) is 25.7 Å². The van der Waals surface area contributed by atoms with Crippen molar-refractivity contribution < 1.29 is 35.1 Å². The van der Waals surface area contributed by atoms with Gasteiger partial charge >= 0.3 is 0 Å². The van der Waals surface area contributed by atoms with Crippen LogP contribution in [0.1, 0.15) is 5.56 Å².